The molecule has 1 N–H and O–H groups in total. The zero-order chi connectivity index (χ0) is 18.9. The lowest BCUT2D eigenvalue weighted by Gasteiger charge is -2.03. The highest BCUT2D eigenvalue weighted by atomic mass is 32.1. The third-order valence-electron chi connectivity index (χ3n) is 4.65. The number of aliphatic imine (C=N–C) groups is 1. The number of nitrogens with one attached hydrogen (secondary N) is 1. The molecule has 1 aliphatic rings. The van der Waals surface area contributed by atoms with Gasteiger partial charge >= 0.3 is 11.0 Å². The summed E-state index contributed by atoms with van der Waals surface area (Å²) in [7, 11) is 0. The van der Waals surface area contributed by atoms with Gasteiger partial charge < -0.3 is 5.32 Å². The van der Waals surface area contributed by atoms with E-state index in [0.717, 1.165) is 33.3 Å². The van der Waals surface area contributed by atoms with Gasteiger partial charge in [0.1, 0.15) is 5.69 Å². The number of carbonyl (C=O) groups excluding carboxylic acids is 1. The maximum absolute atomic E-state index is 12.5. The number of carbonyl (C=O) groups is 1. The quantitative estimate of drug-likeness (QED) is 0.510. The molecule has 0 spiro atoms. The molecule has 1 amide bonds. The van der Waals surface area contributed by atoms with E-state index in [1.165, 1.54) is 11.3 Å². The van der Waals surface area contributed by atoms with Crippen LogP contribution in [0.2, 0.25) is 0 Å². The van der Waals surface area contributed by atoms with Crippen molar-refractivity contribution in [3.05, 3.63) is 95.9 Å². The Bertz CT molecular complexity index is 1200. The Balaban J connectivity index is 1.71. The number of hydrogen-bond acceptors (Lipinski definition) is 3. The number of fused-ring (bicyclic) bond motifs is 1. The van der Waals surface area contributed by atoms with Crippen LogP contribution in [-0.4, -0.2) is 11.6 Å². The van der Waals surface area contributed by atoms with Crippen LogP contribution in [0.3, 0.4) is 0 Å². The van der Waals surface area contributed by atoms with Crippen LogP contribution in [0.1, 0.15) is 5.56 Å². The molecular formula is C23H16N3OS+. The molecule has 0 saturated carbocycles. The van der Waals surface area contributed by atoms with Gasteiger partial charge in [-0.25, -0.2) is 0 Å². The number of thiazole rings is 1. The minimum Gasteiger partial charge on any atom is -0.318 e. The lowest BCUT2D eigenvalue weighted by molar-refractivity contribution is -0.565. The van der Waals surface area contributed by atoms with Gasteiger partial charge in [0, 0.05) is 10.9 Å². The van der Waals surface area contributed by atoms with E-state index in [2.05, 4.69) is 27.4 Å². The SMILES string of the molecule is O=C1Nc2ccccc2C1=Nc1scc(-c2ccccc2)[n+]1-c1ccccc1. The summed E-state index contributed by atoms with van der Waals surface area (Å²) >= 11 is 1.52. The second-order valence-electron chi connectivity index (χ2n) is 6.40. The van der Waals surface area contributed by atoms with Crippen molar-refractivity contribution < 1.29 is 9.36 Å². The second kappa shape index (κ2) is 6.87. The van der Waals surface area contributed by atoms with Crippen molar-refractivity contribution >= 4 is 33.8 Å². The molecule has 28 heavy (non-hydrogen) atoms. The molecule has 0 fully saturated rings. The fourth-order valence-corrected chi connectivity index (χ4v) is 4.25. The second-order valence-corrected chi connectivity index (χ2v) is 7.24. The normalized spacial score (nSPS) is 14.1. The van der Waals surface area contributed by atoms with Crippen LogP contribution < -0.4 is 9.88 Å². The van der Waals surface area contributed by atoms with E-state index in [-0.39, 0.29) is 5.91 Å². The molecule has 3 aromatic carbocycles. The molecule has 4 nitrogen and oxygen atoms in total. The van der Waals surface area contributed by atoms with Crippen molar-refractivity contribution in [1.29, 1.82) is 0 Å². The topological polar surface area (TPSA) is 45.3 Å². The van der Waals surface area contributed by atoms with Crippen LogP contribution in [0.25, 0.3) is 16.9 Å². The minimum atomic E-state index is -0.171. The summed E-state index contributed by atoms with van der Waals surface area (Å²) in [6.45, 7) is 0. The zero-order valence-corrected chi connectivity index (χ0v) is 15.7. The maximum atomic E-state index is 12.5. The number of benzene rings is 3. The Kier molecular flexibility index (Phi) is 4.07. The minimum absolute atomic E-state index is 0.171. The molecule has 5 rings (SSSR count). The highest BCUT2D eigenvalue weighted by molar-refractivity contribution is 7.13. The van der Waals surface area contributed by atoms with E-state index in [0.29, 0.717) is 5.71 Å². The summed E-state index contributed by atoms with van der Waals surface area (Å²) in [6, 6.07) is 27.9. The highest BCUT2D eigenvalue weighted by Gasteiger charge is 2.32. The number of hydrogen-bond donors (Lipinski definition) is 1. The summed E-state index contributed by atoms with van der Waals surface area (Å²) < 4.78 is 2.10. The van der Waals surface area contributed by atoms with Gasteiger partial charge in [-0.2, -0.15) is 4.57 Å². The van der Waals surface area contributed by atoms with Crippen LogP contribution in [0, 0.1) is 0 Å². The molecule has 0 atom stereocenters. The monoisotopic (exact) mass is 382 g/mol. The molecule has 0 radical (unpaired) electrons. The molecule has 0 unspecified atom stereocenters. The van der Waals surface area contributed by atoms with Gasteiger partial charge in [-0.1, -0.05) is 60.7 Å². The van der Waals surface area contributed by atoms with Crippen LogP contribution in [-0.2, 0) is 4.79 Å². The lowest BCUT2D eigenvalue weighted by atomic mass is 10.1. The first-order valence-corrected chi connectivity index (χ1v) is 9.83. The van der Waals surface area contributed by atoms with Gasteiger partial charge in [0.15, 0.2) is 5.69 Å². The van der Waals surface area contributed by atoms with E-state index in [4.69, 9.17) is 4.99 Å². The fraction of sp³-hybridized carbons (Fsp3) is 0. The average Bonchev–Trinajstić information content (AvgIpc) is 3.31. The van der Waals surface area contributed by atoms with Gasteiger partial charge in [0.25, 0.3) is 5.71 Å². The fourth-order valence-electron chi connectivity index (χ4n) is 3.34. The predicted molar refractivity (Wildman–Crippen MR) is 113 cm³/mol. The van der Waals surface area contributed by atoms with Gasteiger partial charge in [-0.3, -0.25) is 4.79 Å². The Morgan fingerprint density at radius 3 is 2.29 bits per heavy atom. The van der Waals surface area contributed by atoms with E-state index < -0.39 is 0 Å². The molecule has 134 valence electrons. The van der Waals surface area contributed by atoms with Gasteiger partial charge in [-0.15, -0.1) is 0 Å². The first-order chi connectivity index (χ1) is 13.8. The van der Waals surface area contributed by atoms with Crippen molar-refractivity contribution in [3.8, 4) is 16.9 Å². The number of aromatic nitrogens is 1. The Labute approximate surface area is 166 Å². The first kappa shape index (κ1) is 16.6. The average molecular weight is 382 g/mol. The third-order valence-corrected chi connectivity index (χ3v) is 5.47. The summed E-state index contributed by atoms with van der Waals surface area (Å²) in [5, 5.41) is 5.73. The molecule has 5 heteroatoms. The van der Waals surface area contributed by atoms with Crippen LogP contribution in [0.5, 0.6) is 0 Å². The van der Waals surface area contributed by atoms with Gasteiger partial charge in [0.2, 0.25) is 0 Å². The van der Waals surface area contributed by atoms with Crippen molar-refractivity contribution in [2.75, 3.05) is 5.32 Å². The Hall–Kier alpha value is -3.57. The summed E-state index contributed by atoms with van der Waals surface area (Å²) in [5.74, 6) is -0.171. The van der Waals surface area contributed by atoms with Crippen LogP contribution in [0.4, 0.5) is 10.8 Å². The van der Waals surface area contributed by atoms with Crippen molar-refractivity contribution in [1.82, 2.24) is 0 Å². The summed E-state index contributed by atoms with van der Waals surface area (Å²) in [6.07, 6.45) is 0. The first-order valence-electron chi connectivity index (χ1n) is 8.95. The van der Waals surface area contributed by atoms with Crippen molar-refractivity contribution in [2.45, 2.75) is 0 Å². The van der Waals surface area contributed by atoms with Gasteiger partial charge in [-0.05, 0) is 40.6 Å². The molecular weight excluding hydrogens is 366 g/mol. The predicted octanol–water partition coefficient (Wildman–Crippen LogP) is 4.76. The number of rotatable bonds is 3. The summed E-state index contributed by atoms with van der Waals surface area (Å²) in [4.78, 5) is 17.3. The van der Waals surface area contributed by atoms with Gasteiger partial charge in [0.05, 0.1) is 11.3 Å². The number of para-hydroxylation sites is 2. The van der Waals surface area contributed by atoms with E-state index >= 15 is 0 Å². The number of amides is 1. The van der Waals surface area contributed by atoms with E-state index in [1.54, 1.807) is 0 Å². The third kappa shape index (κ3) is 2.82. The molecule has 2 heterocycles. The molecule has 0 aliphatic carbocycles. The Morgan fingerprint density at radius 1 is 0.821 bits per heavy atom. The standard InChI is InChI=1S/C23H15N3OS/c27-22-21(18-13-7-8-14-19(18)24-22)25-23-26(17-11-5-2-6-12-17)20(15-28-23)16-9-3-1-4-10-16/h1-15H/p+1. The molecule has 0 bridgehead atoms. The van der Waals surface area contributed by atoms with E-state index in [9.17, 15) is 4.79 Å². The largest absolute Gasteiger partial charge is 0.388 e. The summed E-state index contributed by atoms with van der Waals surface area (Å²) in [5.41, 5.74) is 5.24. The number of nitrogens with zero attached hydrogens (tertiary/aromatic N) is 2. The Morgan fingerprint density at radius 2 is 1.50 bits per heavy atom. The molecule has 4 aromatic rings. The van der Waals surface area contributed by atoms with E-state index in [1.807, 2.05) is 72.8 Å². The highest BCUT2D eigenvalue weighted by Crippen LogP contribution is 2.30. The molecule has 0 saturated heterocycles. The smallest absolute Gasteiger partial charge is 0.318 e. The molecule has 1 aromatic heterocycles. The molecule has 1 aliphatic heterocycles. The maximum Gasteiger partial charge on any atom is 0.388 e. The lowest BCUT2D eigenvalue weighted by Crippen LogP contribution is -2.31. The van der Waals surface area contributed by atoms with Crippen LogP contribution in [0.15, 0.2) is 95.3 Å². The van der Waals surface area contributed by atoms with Crippen molar-refractivity contribution in [3.63, 3.8) is 0 Å². The van der Waals surface area contributed by atoms with Crippen LogP contribution >= 0.6 is 11.3 Å². The number of anilines is 1. The van der Waals surface area contributed by atoms with Crippen molar-refractivity contribution in [2.24, 2.45) is 4.99 Å². The zero-order valence-electron chi connectivity index (χ0n) is 14.9.